The second kappa shape index (κ2) is 7.56. The van der Waals surface area contributed by atoms with Crippen molar-refractivity contribution in [2.75, 3.05) is 11.6 Å². The van der Waals surface area contributed by atoms with E-state index in [2.05, 4.69) is 15.5 Å². The number of benzene rings is 2. The van der Waals surface area contributed by atoms with Crippen molar-refractivity contribution < 1.29 is 22.6 Å². The summed E-state index contributed by atoms with van der Waals surface area (Å²) >= 11 is 0. The zero-order valence-electron chi connectivity index (χ0n) is 14.5. The lowest BCUT2D eigenvalue weighted by molar-refractivity contribution is -0.384. The smallest absolute Gasteiger partial charge is 0.322 e. The zero-order valence-corrected chi connectivity index (χ0v) is 15.3. The molecule has 10 nitrogen and oxygen atoms in total. The van der Waals surface area contributed by atoms with Crippen LogP contribution >= 0.6 is 0 Å². The van der Waals surface area contributed by atoms with Gasteiger partial charge in [0, 0.05) is 24.0 Å². The van der Waals surface area contributed by atoms with Gasteiger partial charge in [-0.3, -0.25) is 20.2 Å². The number of nitrogens with zero attached hydrogens (tertiary/aromatic N) is 3. The number of sulfone groups is 1. The fourth-order valence-electron chi connectivity index (χ4n) is 2.33. The van der Waals surface area contributed by atoms with Crippen molar-refractivity contribution in [1.82, 2.24) is 10.2 Å². The highest BCUT2D eigenvalue weighted by atomic mass is 32.2. The lowest BCUT2D eigenvalue weighted by Gasteiger charge is -2.01. The van der Waals surface area contributed by atoms with Crippen molar-refractivity contribution in [3.8, 4) is 0 Å². The van der Waals surface area contributed by atoms with Gasteiger partial charge in [-0.15, -0.1) is 5.10 Å². The van der Waals surface area contributed by atoms with E-state index in [0.29, 0.717) is 0 Å². The van der Waals surface area contributed by atoms with Crippen LogP contribution in [0.1, 0.15) is 21.8 Å². The van der Waals surface area contributed by atoms with Crippen LogP contribution in [0.5, 0.6) is 0 Å². The predicted molar refractivity (Wildman–Crippen MR) is 97.7 cm³/mol. The minimum absolute atomic E-state index is 0.0744. The second-order valence-electron chi connectivity index (χ2n) is 5.86. The Morgan fingerprint density at radius 3 is 2.54 bits per heavy atom. The largest absolute Gasteiger partial charge is 0.407 e. The van der Waals surface area contributed by atoms with Crippen molar-refractivity contribution in [2.24, 2.45) is 0 Å². The molecule has 3 rings (SSSR count). The molecule has 2 aromatic carbocycles. The first-order chi connectivity index (χ1) is 13.2. The maximum atomic E-state index is 12.2. The molecule has 0 aliphatic carbocycles. The third kappa shape index (κ3) is 4.57. The van der Waals surface area contributed by atoms with Gasteiger partial charge in [0.25, 0.3) is 11.6 Å². The Hall–Kier alpha value is -3.60. The van der Waals surface area contributed by atoms with Crippen molar-refractivity contribution in [2.45, 2.75) is 11.3 Å². The van der Waals surface area contributed by atoms with E-state index in [1.165, 1.54) is 30.3 Å². The summed E-state index contributed by atoms with van der Waals surface area (Å²) in [6.45, 7) is 0. The van der Waals surface area contributed by atoms with E-state index in [4.69, 9.17) is 4.42 Å². The van der Waals surface area contributed by atoms with E-state index in [0.717, 1.165) is 17.9 Å². The minimum Gasteiger partial charge on any atom is -0.407 e. The van der Waals surface area contributed by atoms with E-state index in [-0.39, 0.29) is 34.5 Å². The van der Waals surface area contributed by atoms with Gasteiger partial charge in [0.05, 0.1) is 16.2 Å². The third-order valence-electron chi connectivity index (χ3n) is 3.71. The number of hydrogen-bond acceptors (Lipinski definition) is 8. The number of amides is 1. The van der Waals surface area contributed by atoms with Gasteiger partial charge >= 0.3 is 6.01 Å². The molecule has 0 atom stereocenters. The van der Waals surface area contributed by atoms with Crippen LogP contribution in [-0.4, -0.2) is 35.7 Å². The first-order valence-electron chi connectivity index (χ1n) is 7.89. The van der Waals surface area contributed by atoms with Gasteiger partial charge in [-0.25, -0.2) is 8.42 Å². The average molecular weight is 402 g/mol. The number of nitro groups is 1. The molecule has 11 heteroatoms. The normalized spacial score (nSPS) is 11.2. The van der Waals surface area contributed by atoms with Gasteiger partial charge in [-0.05, 0) is 23.8 Å². The highest BCUT2D eigenvalue weighted by Crippen LogP contribution is 2.17. The Balaban J connectivity index is 1.68. The summed E-state index contributed by atoms with van der Waals surface area (Å²) in [4.78, 5) is 22.6. The Kier molecular flexibility index (Phi) is 5.18. The van der Waals surface area contributed by atoms with Crippen molar-refractivity contribution >= 4 is 27.4 Å². The van der Waals surface area contributed by atoms with Crippen LogP contribution in [0.4, 0.5) is 11.7 Å². The van der Waals surface area contributed by atoms with Crippen LogP contribution in [0.25, 0.3) is 0 Å². The molecule has 0 saturated carbocycles. The summed E-state index contributed by atoms with van der Waals surface area (Å²) in [5, 5.41) is 20.7. The second-order valence-corrected chi connectivity index (χ2v) is 7.87. The first kappa shape index (κ1) is 19.2. The Labute approximate surface area is 159 Å². The molecule has 0 fully saturated rings. The van der Waals surface area contributed by atoms with Crippen LogP contribution in [0.15, 0.2) is 57.8 Å². The Morgan fingerprint density at radius 1 is 1.18 bits per heavy atom. The Bertz CT molecular complexity index is 1140. The monoisotopic (exact) mass is 402 g/mol. The van der Waals surface area contributed by atoms with E-state index < -0.39 is 20.7 Å². The fourth-order valence-corrected chi connectivity index (χ4v) is 2.97. The lowest BCUT2D eigenvalue weighted by atomic mass is 10.1. The summed E-state index contributed by atoms with van der Waals surface area (Å²) in [5.74, 6) is -0.419. The maximum Gasteiger partial charge on any atom is 0.322 e. The standard InChI is InChI=1S/C17H14N4O6S/c1-28(25,26)14-7-5-11(6-8-14)9-15-19-20-17(27-15)18-16(22)12-3-2-4-13(10-12)21(23)24/h2-8,10H,9H2,1H3,(H,18,20,22). The molecule has 28 heavy (non-hydrogen) atoms. The molecule has 1 amide bonds. The molecule has 1 aromatic heterocycles. The van der Waals surface area contributed by atoms with E-state index >= 15 is 0 Å². The number of non-ortho nitro benzene ring substituents is 1. The number of rotatable bonds is 6. The third-order valence-corrected chi connectivity index (χ3v) is 4.84. The van der Waals surface area contributed by atoms with Crippen LogP contribution < -0.4 is 5.32 Å². The van der Waals surface area contributed by atoms with Crippen molar-refractivity contribution in [3.63, 3.8) is 0 Å². The van der Waals surface area contributed by atoms with Gasteiger partial charge in [-0.2, -0.15) is 0 Å². The van der Waals surface area contributed by atoms with E-state index in [9.17, 15) is 23.3 Å². The first-order valence-corrected chi connectivity index (χ1v) is 9.79. The molecule has 0 spiro atoms. The van der Waals surface area contributed by atoms with Crippen LogP contribution in [0.2, 0.25) is 0 Å². The molecular weight excluding hydrogens is 388 g/mol. The number of anilines is 1. The van der Waals surface area contributed by atoms with E-state index in [1.54, 1.807) is 12.1 Å². The molecule has 3 aromatic rings. The van der Waals surface area contributed by atoms with Crippen molar-refractivity contribution in [1.29, 1.82) is 0 Å². The number of carbonyl (C=O) groups excluding carboxylic acids is 1. The number of hydrogen-bond donors (Lipinski definition) is 1. The van der Waals surface area contributed by atoms with Gasteiger partial charge in [0.2, 0.25) is 5.89 Å². The van der Waals surface area contributed by atoms with Gasteiger partial charge in [0.15, 0.2) is 9.84 Å². The summed E-state index contributed by atoms with van der Waals surface area (Å²) < 4.78 is 28.3. The van der Waals surface area contributed by atoms with E-state index in [1.807, 2.05) is 0 Å². The molecule has 1 N–H and O–H groups in total. The number of nitro benzene ring substituents is 1. The zero-order chi connectivity index (χ0) is 20.3. The molecule has 0 saturated heterocycles. The molecule has 1 heterocycles. The average Bonchev–Trinajstić information content (AvgIpc) is 3.08. The summed E-state index contributed by atoms with van der Waals surface area (Å²) in [5.41, 5.74) is 0.606. The molecule has 0 bridgehead atoms. The van der Waals surface area contributed by atoms with Crippen LogP contribution in [-0.2, 0) is 16.3 Å². The minimum atomic E-state index is -3.28. The maximum absolute atomic E-state index is 12.2. The quantitative estimate of drug-likeness (QED) is 0.488. The lowest BCUT2D eigenvalue weighted by Crippen LogP contribution is -2.12. The molecule has 144 valence electrons. The summed E-state index contributed by atoms with van der Waals surface area (Å²) in [6.07, 6.45) is 1.36. The summed E-state index contributed by atoms with van der Waals surface area (Å²) in [6, 6.07) is 11.3. The van der Waals surface area contributed by atoms with Gasteiger partial charge in [0.1, 0.15) is 0 Å². The highest BCUT2D eigenvalue weighted by molar-refractivity contribution is 7.90. The number of carbonyl (C=O) groups is 1. The van der Waals surface area contributed by atoms with Crippen LogP contribution in [0.3, 0.4) is 0 Å². The SMILES string of the molecule is CS(=O)(=O)c1ccc(Cc2nnc(NC(=O)c3cccc([N+](=O)[O-])c3)o2)cc1. The fraction of sp³-hybridized carbons (Fsp3) is 0.118. The predicted octanol–water partition coefficient (Wildman–Crippen LogP) is 2.22. The molecule has 0 radical (unpaired) electrons. The van der Waals surface area contributed by atoms with Gasteiger partial charge < -0.3 is 4.42 Å². The number of aromatic nitrogens is 2. The molecular formula is C17H14N4O6S. The molecule has 0 aliphatic heterocycles. The molecule has 0 aliphatic rings. The number of nitrogens with one attached hydrogen (secondary N) is 1. The Morgan fingerprint density at radius 2 is 1.89 bits per heavy atom. The highest BCUT2D eigenvalue weighted by Gasteiger charge is 2.15. The van der Waals surface area contributed by atoms with Crippen LogP contribution in [0, 0.1) is 10.1 Å². The van der Waals surface area contributed by atoms with Gasteiger partial charge in [-0.1, -0.05) is 23.3 Å². The molecule has 0 unspecified atom stereocenters. The van der Waals surface area contributed by atoms with Crippen molar-refractivity contribution in [3.05, 3.63) is 75.7 Å². The summed E-state index contributed by atoms with van der Waals surface area (Å²) in [7, 11) is -3.28. The topological polar surface area (TPSA) is 145 Å².